The first-order valence-corrected chi connectivity index (χ1v) is 7.11. The molecular formula is C12H25NOS. The third-order valence-corrected chi connectivity index (χ3v) is 4.58. The predicted molar refractivity (Wildman–Crippen MR) is 68.6 cm³/mol. The summed E-state index contributed by atoms with van der Waals surface area (Å²) in [6, 6.07) is 0.662. The zero-order valence-corrected chi connectivity index (χ0v) is 11.3. The minimum absolute atomic E-state index is 0.347. The zero-order chi connectivity index (χ0) is 11.3. The molecular weight excluding hydrogens is 206 g/mol. The van der Waals surface area contributed by atoms with Gasteiger partial charge < -0.3 is 10.1 Å². The first-order valence-electron chi connectivity index (χ1n) is 5.89. The molecule has 90 valence electrons. The Morgan fingerprint density at radius 2 is 2.13 bits per heavy atom. The molecule has 0 amide bonds. The average molecular weight is 231 g/mol. The van der Waals surface area contributed by atoms with Crippen molar-refractivity contribution in [1.82, 2.24) is 5.32 Å². The normalized spacial score (nSPS) is 28.0. The van der Waals surface area contributed by atoms with Crippen molar-refractivity contribution in [1.29, 1.82) is 0 Å². The van der Waals surface area contributed by atoms with Gasteiger partial charge in [0.1, 0.15) is 0 Å². The Balaban J connectivity index is 2.26. The summed E-state index contributed by atoms with van der Waals surface area (Å²) in [6.45, 7) is 5.68. The lowest BCUT2D eigenvalue weighted by molar-refractivity contribution is 0.0586. The first-order chi connectivity index (χ1) is 7.07. The summed E-state index contributed by atoms with van der Waals surface area (Å²) in [7, 11) is 1.83. The van der Waals surface area contributed by atoms with Gasteiger partial charge in [-0.05, 0) is 45.8 Å². The quantitative estimate of drug-likeness (QED) is 0.786. The summed E-state index contributed by atoms with van der Waals surface area (Å²) in [5, 5.41) is 3.68. The van der Waals surface area contributed by atoms with Crippen molar-refractivity contribution >= 4 is 11.8 Å². The molecule has 0 heterocycles. The van der Waals surface area contributed by atoms with Gasteiger partial charge in [0.05, 0.1) is 6.10 Å². The Hall–Kier alpha value is 0.270. The Bertz CT molecular complexity index is 184. The fourth-order valence-corrected chi connectivity index (χ4v) is 2.23. The van der Waals surface area contributed by atoms with Crippen molar-refractivity contribution in [2.24, 2.45) is 0 Å². The second-order valence-corrected chi connectivity index (χ2v) is 6.58. The maximum atomic E-state index is 5.43. The Morgan fingerprint density at radius 3 is 2.73 bits per heavy atom. The molecule has 1 rings (SSSR count). The average Bonchev–Trinajstić information content (AvgIpc) is 2.27. The van der Waals surface area contributed by atoms with Gasteiger partial charge in [0.2, 0.25) is 0 Å². The van der Waals surface area contributed by atoms with Crippen molar-refractivity contribution < 1.29 is 4.74 Å². The van der Waals surface area contributed by atoms with Crippen LogP contribution in [0.4, 0.5) is 0 Å². The van der Waals surface area contributed by atoms with E-state index in [9.17, 15) is 0 Å². The molecule has 2 nitrogen and oxygen atoms in total. The van der Waals surface area contributed by atoms with Gasteiger partial charge in [-0.15, -0.1) is 0 Å². The van der Waals surface area contributed by atoms with Crippen LogP contribution in [0.1, 0.15) is 39.5 Å². The molecule has 15 heavy (non-hydrogen) atoms. The number of ether oxygens (including phenoxy) is 1. The minimum atomic E-state index is 0.347. The third-order valence-electron chi connectivity index (χ3n) is 3.33. The molecule has 0 bridgehead atoms. The Morgan fingerprint density at radius 1 is 1.40 bits per heavy atom. The molecule has 0 spiro atoms. The van der Waals surface area contributed by atoms with E-state index in [1.165, 1.54) is 25.7 Å². The maximum Gasteiger partial charge on any atom is 0.0586 e. The van der Waals surface area contributed by atoms with Crippen molar-refractivity contribution in [3.63, 3.8) is 0 Å². The zero-order valence-electron chi connectivity index (χ0n) is 10.5. The molecule has 3 heteroatoms. The molecule has 2 unspecified atom stereocenters. The van der Waals surface area contributed by atoms with Crippen molar-refractivity contribution in [2.45, 2.75) is 56.4 Å². The molecule has 1 N–H and O–H groups in total. The summed E-state index contributed by atoms with van der Waals surface area (Å²) in [6.07, 6.45) is 7.69. The second kappa shape index (κ2) is 6.12. The lowest BCUT2D eigenvalue weighted by Crippen LogP contribution is -2.42. The van der Waals surface area contributed by atoms with Crippen molar-refractivity contribution in [3.8, 4) is 0 Å². The molecule has 1 aliphatic rings. The van der Waals surface area contributed by atoms with E-state index in [4.69, 9.17) is 4.74 Å². The van der Waals surface area contributed by atoms with E-state index in [0.717, 1.165) is 6.54 Å². The predicted octanol–water partition coefficient (Wildman–Crippen LogP) is 2.68. The highest BCUT2D eigenvalue weighted by Gasteiger charge is 2.23. The maximum absolute atomic E-state index is 5.43. The number of rotatable bonds is 5. The smallest absolute Gasteiger partial charge is 0.0586 e. The summed E-state index contributed by atoms with van der Waals surface area (Å²) in [5.41, 5.74) is 0. The highest BCUT2D eigenvalue weighted by atomic mass is 32.2. The molecule has 2 atom stereocenters. The van der Waals surface area contributed by atoms with Crippen LogP contribution in [0, 0.1) is 0 Å². The van der Waals surface area contributed by atoms with Crippen molar-refractivity contribution in [2.75, 3.05) is 19.9 Å². The van der Waals surface area contributed by atoms with E-state index < -0.39 is 0 Å². The lowest BCUT2D eigenvalue weighted by atomic mass is 9.92. The Labute approximate surface area is 98.5 Å². The fourth-order valence-electron chi connectivity index (χ4n) is 2.01. The van der Waals surface area contributed by atoms with E-state index in [0.29, 0.717) is 16.9 Å². The summed E-state index contributed by atoms with van der Waals surface area (Å²) in [4.78, 5) is 0. The van der Waals surface area contributed by atoms with Gasteiger partial charge in [0.25, 0.3) is 0 Å². The van der Waals surface area contributed by atoms with Gasteiger partial charge in [-0.2, -0.15) is 11.8 Å². The lowest BCUT2D eigenvalue weighted by Gasteiger charge is -2.32. The fraction of sp³-hybridized carbons (Fsp3) is 1.00. The molecule has 1 aliphatic carbocycles. The molecule has 0 saturated heterocycles. The number of hydrogen-bond donors (Lipinski definition) is 1. The Kier molecular flexibility index (Phi) is 5.44. The summed E-state index contributed by atoms with van der Waals surface area (Å²) in [5.74, 6) is 0. The van der Waals surface area contributed by atoms with Crippen LogP contribution in [0.25, 0.3) is 0 Å². The van der Waals surface area contributed by atoms with Gasteiger partial charge in [0.15, 0.2) is 0 Å². The molecule has 0 radical (unpaired) electrons. The van der Waals surface area contributed by atoms with Crippen LogP contribution in [0.2, 0.25) is 0 Å². The van der Waals surface area contributed by atoms with Gasteiger partial charge in [0, 0.05) is 24.4 Å². The van der Waals surface area contributed by atoms with Crippen LogP contribution < -0.4 is 5.32 Å². The van der Waals surface area contributed by atoms with Gasteiger partial charge >= 0.3 is 0 Å². The minimum Gasteiger partial charge on any atom is -0.381 e. The summed E-state index contributed by atoms with van der Waals surface area (Å²) < 4.78 is 5.78. The van der Waals surface area contributed by atoms with Crippen LogP contribution in [-0.4, -0.2) is 36.8 Å². The topological polar surface area (TPSA) is 21.3 Å². The second-order valence-electron chi connectivity index (χ2n) is 5.07. The molecule has 0 aromatic heterocycles. The number of hydrogen-bond acceptors (Lipinski definition) is 3. The van der Waals surface area contributed by atoms with Crippen LogP contribution in [0.15, 0.2) is 0 Å². The molecule has 0 aliphatic heterocycles. The van der Waals surface area contributed by atoms with Crippen LogP contribution >= 0.6 is 11.8 Å². The van der Waals surface area contributed by atoms with E-state index in [-0.39, 0.29) is 0 Å². The standard InChI is InChI=1S/C12H25NOS/c1-12(2,15-4)9-13-10-6-5-7-11(8-10)14-3/h10-11,13H,5-9H2,1-4H3. The van der Waals surface area contributed by atoms with Crippen LogP contribution in [0.5, 0.6) is 0 Å². The van der Waals surface area contributed by atoms with E-state index in [1.54, 1.807) is 0 Å². The van der Waals surface area contributed by atoms with E-state index in [2.05, 4.69) is 25.4 Å². The number of thioether (sulfide) groups is 1. The van der Waals surface area contributed by atoms with Gasteiger partial charge in [-0.3, -0.25) is 0 Å². The first kappa shape index (κ1) is 13.3. The molecule has 0 aromatic rings. The molecule has 1 fully saturated rings. The SMILES string of the molecule is COC1CCCC(NCC(C)(C)SC)C1. The number of methoxy groups -OCH3 is 1. The van der Waals surface area contributed by atoms with E-state index >= 15 is 0 Å². The third kappa shape index (κ3) is 4.75. The molecule has 1 saturated carbocycles. The number of nitrogens with one attached hydrogen (secondary N) is 1. The molecule has 0 aromatic carbocycles. The van der Waals surface area contributed by atoms with Gasteiger partial charge in [-0.1, -0.05) is 0 Å². The van der Waals surface area contributed by atoms with Gasteiger partial charge in [-0.25, -0.2) is 0 Å². The van der Waals surface area contributed by atoms with Crippen molar-refractivity contribution in [3.05, 3.63) is 0 Å². The van der Waals surface area contributed by atoms with E-state index in [1.807, 2.05) is 18.9 Å². The monoisotopic (exact) mass is 231 g/mol. The van der Waals surface area contributed by atoms with Crippen LogP contribution in [0.3, 0.4) is 0 Å². The van der Waals surface area contributed by atoms with Crippen LogP contribution in [-0.2, 0) is 4.74 Å². The largest absolute Gasteiger partial charge is 0.381 e. The summed E-state index contributed by atoms with van der Waals surface area (Å²) >= 11 is 1.93. The highest BCUT2D eigenvalue weighted by molar-refractivity contribution is 7.99. The highest BCUT2D eigenvalue weighted by Crippen LogP contribution is 2.23.